The zero-order chi connectivity index (χ0) is 23.1. The van der Waals surface area contributed by atoms with Gasteiger partial charge in [-0.25, -0.2) is 4.99 Å². The number of amides is 1. The average Bonchev–Trinajstić information content (AvgIpc) is 3.26. The second-order valence-electron chi connectivity index (χ2n) is 8.10. The molecule has 2 aromatic rings. The molecule has 1 fully saturated rings. The van der Waals surface area contributed by atoms with Gasteiger partial charge in [0, 0.05) is 38.1 Å². The fraction of sp³-hybridized carbons (Fsp3) is 0.385. The van der Waals surface area contributed by atoms with E-state index in [2.05, 4.69) is 6.58 Å². The maximum absolute atomic E-state index is 13.9. The molecule has 7 heteroatoms. The Morgan fingerprint density at radius 3 is 2.58 bits per heavy atom. The fourth-order valence-electron chi connectivity index (χ4n) is 4.19. The van der Waals surface area contributed by atoms with Gasteiger partial charge in [-0.05, 0) is 29.8 Å². The zero-order valence-electron chi connectivity index (χ0n) is 18.7. The van der Waals surface area contributed by atoms with E-state index in [9.17, 15) is 4.79 Å². The summed E-state index contributed by atoms with van der Waals surface area (Å²) in [5.41, 5.74) is 0.529. The largest absolute Gasteiger partial charge is 0.494 e. The number of aliphatic imine (C=N–C) groups is 1. The number of nitrogens with zero attached hydrogens (tertiary/aromatic N) is 2. The highest BCUT2D eigenvalue weighted by molar-refractivity contribution is 6.01. The van der Waals surface area contributed by atoms with Crippen LogP contribution in [0.1, 0.15) is 30.1 Å². The van der Waals surface area contributed by atoms with Crippen molar-refractivity contribution in [3.05, 3.63) is 78.4 Å². The van der Waals surface area contributed by atoms with E-state index in [-0.39, 0.29) is 12.5 Å². The second-order valence-corrected chi connectivity index (χ2v) is 8.10. The van der Waals surface area contributed by atoms with Gasteiger partial charge in [-0.1, -0.05) is 36.4 Å². The van der Waals surface area contributed by atoms with Crippen LogP contribution >= 0.6 is 0 Å². The maximum atomic E-state index is 13.9. The fourth-order valence-corrected chi connectivity index (χ4v) is 4.19. The quantitative estimate of drug-likeness (QED) is 0.469. The number of hydrogen-bond acceptors (Lipinski definition) is 6. The van der Waals surface area contributed by atoms with E-state index in [1.54, 1.807) is 6.08 Å². The Hall–Kier alpha value is -3.16. The van der Waals surface area contributed by atoms with Crippen molar-refractivity contribution in [2.75, 3.05) is 39.5 Å². The molecule has 1 N–H and O–H groups in total. The molecule has 0 aromatic heterocycles. The van der Waals surface area contributed by atoms with Gasteiger partial charge < -0.3 is 24.2 Å². The van der Waals surface area contributed by atoms with Gasteiger partial charge in [-0.15, -0.1) is 6.58 Å². The van der Waals surface area contributed by atoms with Crippen molar-refractivity contribution in [3.63, 3.8) is 0 Å². The Balaban J connectivity index is 1.68. The maximum Gasteiger partial charge on any atom is 0.255 e. The number of carbonyl (C=O) groups is 1. The topological polar surface area (TPSA) is 80.6 Å². The number of benzene rings is 2. The first-order valence-corrected chi connectivity index (χ1v) is 11.3. The summed E-state index contributed by atoms with van der Waals surface area (Å²) >= 11 is 0. The molecule has 1 amide bonds. The second kappa shape index (κ2) is 10.6. The van der Waals surface area contributed by atoms with Crippen LogP contribution in [0.2, 0.25) is 0 Å². The summed E-state index contributed by atoms with van der Waals surface area (Å²) < 4.78 is 17.5. The standard InChI is InChI=1S/C26H30N2O5/c1-2-13-26(25(30)28-14-18-31-19-15-28)23(20-7-4-3-5-8-20)33-24(27-26)21-9-11-22(12-10-21)32-17-6-16-29/h2-5,7-12,23,29H,1,6,13-19H2/t23-,26-/m0/s1. The van der Waals surface area contributed by atoms with Crippen LogP contribution in [-0.4, -0.2) is 66.9 Å². The van der Waals surface area contributed by atoms with Crippen molar-refractivity contribution in [2.45, 2.75) is 24.5 Å². The minimum atomic E-state index is -1.13. The van der Waals surface area contributed by atoms with E-state index < -0.39 is 11.6 Å². The highest BCUT2D eigenvalue weighted by Gasteiger charge is 2.54. The summed E-state index contributed by atoms with van der Waals surface area (Å²) in [5.74, 6) is 1.06. The summed E-state index contributed by atoms with van der Waals surface area (Å²) in [6, 6.07) is 17.2. The summed E-state index contributed by atoms with van der Waals surface area (Å²) in [6.45, 7) is 6.54. The lowest BCUT2D eigenvalue weighted by Gasteiger charge is -2.36. The molecule has 33 heavy (non-hydrogen) atoms. The number of aliphatic hydroxyl groups is 1. The van der Waals surface area contributed by atoms with Crippen LogP contribution in [0.15, 0.2) is 72.2 Å². The molecule has 0 spiro atoms. The summed E-state index contributed by atoms with van der Waals surface area (Å²) in [6.07, 6.45) is 2.10. The van der Waals surface area contributed by atoms with Crippen molar-refractivity contribution in [1.82, 2.24) is 4.90 Å². The molecule has 2 aliphatic heterocycles. The first kappa shape index (κ1) is 23.0. The van der Waals surface area contributed by atoms with Crippen LogP contribution in [0, 0.1) is 0 Å². The predicted molar refractivity (Wildman–Crippen MR) is 125 cm³/mol. The highest BCUT2D eigenvalue weighted by atomic mass is 16.5. The van der Waals surface area contributed by atoms with Crippen molar-refractivity contribution >= 4 is 11.8 Å². The number of ether oxygens (including phenoxy) is 3. The number of carbonyl (C=O) groups excluding carboxylic acids is 1. The van der Waals surface area contributed by atoms with E-state index in [4.69, 9.17) is 24.3 Å². The Morgan fingerprint density at radius 2 is 1.91 bits per heavy atom. The van der Waals surface area contributed by atoms with Gasteiger partial charge in [0.2, 0.25) is 5.90 Å². The third kappa shape index (κ3) is 4.94. The van der Waals surface area contributed by atoms with Crippen molar-refractivity contribution in [2.24, 2.45) is 4.99 Å². The molecule has 0 aliphatic carbocycles. The minimum Gasteiger partial charge on any atom is -0.494 e. The molecule has 2 heterocycles. The van der Waals surface area contributed by atoms with Gasteiger partial charge in [-0.3, -0.25) is 4.79 Å². The molecule has 2 aromatic carbocycles. The molecular weight excluding hydrogens is 420 g/mol. The molecule has 0 radical (unpaired) electrons. The molecule has 2 atom stereocenters. The number of rotatable bonds is 9. The van der Waals surface area contributed by atoms with E-state index in [1.165, 1.54) is 0 Å². The van der Waals surface area contributed by atoms with Gasteiger partial charge in [-0.2, -0.15) is 0 Å². The first-order chi connectivity index (χ1) is 16.2. The number of hydrogen-bond donors (Lipinski definition) is 1. The van der Waals surface area contributed by atoms with Crippen LogP contribution in [0.3, 0.4) is 0 Å². The normalized spacial score (nSPS) is 22.4. The Morgan fingerprint density at radius 1 is 1.18 bits per heavy atom. The molecule has 0 saturated carbocycles. The molecule has 0 bridgehead atoms. The van der Waals surface area contributed by atoms with Crippen LogP contribution in [0.4, 0.5) is 0 Å². The third-order valence-corrected chi connectivity index (χ3v) is 5.86. The van der Waals surface area contributed by atoms with E-state index in [0.29, 0.717) is 57.4 Å². The molecule has 1 saturated heterocycles. The van der Waals surface area contributed by atoms with Crippen molar-refractivity contribution in [1.29, 1.82) is 0 Å². The summed E-state index contributed by atoms with van der Waals surface area (Å²) in [5, 5.41) is 8.93. The van der Waals surface area contributed by atoms with Crippen LogP contribution < -0.4 is 4.74 Å². The average molecular weight is 451 g/mol. The molecule has 4 rings (SSSR count). The van der Waals surface area contributed by atoms with Gasteiger partial charge in [0.25, 0.3) is 5.91 Å². The lowest BCUT2D eigenvalue weighted by molar-refractivity contribution is -0.143. The minimum absolute atomic E-state index is 0.0708. The highest BCUT2D eigenvalue weighted by Crippen LogP contribution is 2.43. The third-order valence-electron chi connectivity index (χ3n) is 5.86. The van der Waals surface area contributed by atoms with Gasteiger partial charge >= 0.3 is 0 Å². The zero-order valence-corrected chi connectivity index (χ0v) is 18.7. The monoisotopic (exact) mass is 450 g/mol. The number of morpholine rings is 1. The molecular formula is C26H30N2O5. The van der Waals surface area contributed by atoms with E-state index >= 15 is 0 Å². The van der Waals surface area contributed by atoms with Gasteiger partial charge in [0.15, 0.2) is 11.6 Å². The Bertz CT molecular complexity index is 970. The Kier molecular flexibility index (Phi) is 7.42. The Labute approximate surface area is 194 Å². The van der Waals surface area contributed by atoms with Crippen LogP contribution in [0.5, 0.6) is 5.75 Å². The lowest BCUT2D eigenvalue weighted by Crippen LogP contribution is -2.53. The van der Waals surface area contributed by atoms with Gasteiger partial charge in [0.05, 0.1) is 19.8 Å². The van der Waals surface area contributed by atoms with Crippen LogP contribution in [-0.2, 0) is 14.3 Å². The van der Waals surface area contributed by atoms with Crippen molar-refractivity contribution in [3.8, 4) is 5.75 Å². The summed E-state index contributed by atoms with van der Waals surface area (Å²) in [4.78, 5) is 20.6. The summed E-state index contributed by atoms with van der Waals surface area (Å²) in [7, 11) is 0. The smallest absolute Gasteiger partial charge is 0.255 e. The van der Waals surface area contributed by atoms with E-state index in [0.717, 1.165) is 11.1 Å². The lowest BCUT2D eigenvalue weighted by atomic mass is 9.84. The predicted octanol–water partition coefficient (Wildman–Crippen LogP) is 3.14. The van der Waals surface area contributed by atoms with Crippen molar-refractivity contribution < 1.29 is 24.1 Å². The first-order valence-electron chi connectivity index (χ1n) is 11.3. The van der Waals surface area contributed by atoms with Crippen LogP contribution in [0.25, 0.3) is 0 Å². The molecule has 2 aliphatic rings. The SMILES string of the molecule is C=CC[C@]1(C(=O)N2CCOCC2)N=C(c2ccc(OCCCO)cc2)O[C@H]1c1ccccc1. The molecule has 7 nitrogen and oxygen atoms in total. The molecule has 174 valence electrons. The van der Waals surface area contributed by atoms with E-state index in [1.807, 2.05) is 59.5 Å². The number of aliphatic hydroxyl groups excluding tert-OH is 1. The van der Waals surface area contributed by atoms with Gasteiger partial charge in [0.1, 0.15) is 5.75 Å². The molecule has 0 unspecified atom stereocenters.